The molecule has 23 heavy (non-hydrogen) atoms. The van der Waals surface area contributed by atoms with E-state index in [1.165, 1.54) is 12.1 Å². The third-order valence-electron chi connectivity index (χ3n) is 3.28. The van der Waals surface area contributed by atoms with Crippen molar-refractivity contribution in [2.75, 3.05) is 6.54 Å². The summed E-state index contributed by atoms with van der Waals surface area (Å²) < 4.78 is 0. The molecule has 1 atom stereocenters. The van der Waals surface area contributed by atoms with Crippen LogP contribution in [0, 0.1) is 6.92 Å². The maximum absolute atomic E-state index is 11.8. The molecule has 2 rings (SSSR count). The molecule has 1 unspecified atom stereocenters. The summed E-state index contributed by atoms with van der Waals surface area (Å²) >= 11 is 1.59. The number of carbonyl (C=O) groups is 2. The van der Waals surface area contributed by atoms with E-state index in [9.17, 15) is 9.59 Å². The van der Waals surface area contributed by atoms with E-state index < -0.39 is 5.97 Å². The van der Waals surface area contributed by atoms with Crippen molar-refractivity contribution in [2.24, 2.45) is 0 Å². The molecule has 1 aromatic heterocycles. The van der Waals surface area contributed by atoms with Gasteiger partial charge in [-0.2, -0.15) is 0 Å². The number of benzene rings is 1. The van der Waals surface area contributed by atoms with Gasteiger partial charge in [0.2, 0.25) is 0 Å². The van der Waals surface area contributed by atoms with Crippen LogP contribution in [0.1, 0.15) is 39.5 Å². The molecule has 0 saturated heterocycles. The van der Waals surface area contributed by atoms with Crippen molar-refractivity contribution in [1.29, 1.82) is 0 Å². The number of carbonyl (C=O) groups excluding carboxylic acids is 1. The van der Waals surface area contributed by atoms with Gasteiger partial charge in [-0.3, -0.25) is 0 Å². The Kier molecular flexibility index (Phi) is 5.70. The van der Waals surface area contributed by atoms with Gasteiger partial charge in [-0.15, -0.1) is 11.3 Å². The quantitative estimate of drug-likeness (QED) is 0.758. The van der Waals surface area contributed by atoms with E-state index in [0.717, 1.165) is 16.3 Å². The minimum atomic E-state index is -0.964. The van der Waals surface area contributed by atoms with Crippen molar-refractivity contribution in [3.8, 4) is 0 Å². The first kappa shape index (κ1) is 17.0. The van der Waals surface area contributed by atoms with Gasteiger partial charge in [0.1, 0.15) is 0 Å². The van der Waals surface area contributed by atoms with Crippen LogP contribution in [-0.2, 0) is 6.54 Å². The Hall–Kier alpha value is -2.41. The standard InChI is InChI=1S/C16H19N3O3S/c1-10(14-19-11(2)9-23-14)7-17-16(22)18-8-12-3-5-13(6-4-12)15(20)21/h3-6,9-10H,7-8H2,1-2H3,(H,20,21)(H2,17,18,22). The van der Waals surface area contributed by atoms with Crippen molar-refractivity contribution >= 4 is 23.3 Å². The van der Waals surface area contributed by atoms with Crippen LogP contribution in [-0.4, -0.2) is 28.6 Å². The number of hydrogen-bond donors (Lipinski definition) is 3. The molecular formula is C16H19N3O3S. The molecule has 0 fully saturated rings. The lowest BCUT2D eigenvalue weighted by molar-refractivity contribution is 0.0697. The van der Waals surface area contributed by atoms with Crippen LogP contribution in [0.15, 0.2) is 29.6 Å². The molecule has 0 aliphatic heterocycles. The highest BCUT2D eigenvalue weighted by Crippen LogP contribution is 2.18. The molecule has 0 aliphatic rings. The fourth-order valence-corrected chi connectivity index (χ4v) is 2.80. The smallest absolute Gasteiger partial charge is 0.335 e. The summed E-state index contributed by atoms with van der Waals surface area (Å²) in [5, 5.41) is 17.4. The van der Waals surface area contributed by atoms with Gasteiger partial charge in [0.05, 0.1) is 10.6 Å². The second-order valence-corrected chi connectivity index (χ2v) is 6.18. The van der Waals surface area contributed by atoms with Crippen LogP contribution in [0.3, 0.4) is 0 Å². The van der Waals surface area contributed by atoms with Gasteiger partial charge >= 0.3 is 12.0 Å². The van der Waals surface area contributed by atoms with E-state index in [1.54, 1.807) is 23.5 Å². The van der Waals surface area contributed by atoms with Gasteiger partial charge in [-0.05, 0) is 24.6 Å². The average molecular weight is 333 g/mol. The van der Waals surface area contributed by atoms with Crippen molar-refractivity contribution in [1.82, 2.24) is 15.6 Å². The van der Waals surface area contributed by atoms with Crippen molar-refractivity contribution in [3.05, 3.63) is 51.5 Å². The first-order valence-electron chi connectivity index (χ1n) is 7.21. The Morgan fingerprint density at radius 2 is 1.96 bits per heavy atom. The number of urea groups is 1. The molecule has 3 N–H and O–H groups in total. The Morgan fingerprint density at radius 3 is 2.52 bits per heavy atom. The summed E-state index contributed by atoms with van der Waals surface area (Å²) in [5.41, 5.74) is 2.06. The third kappa shape index (κ3) is 5.07. The number of aromatic nitrogens is 1. The highest BCUT2D eigenvalue weighted by Gasteiger charge is 2.11. The van der Waals surface area contributed by atoms with E-state index in [-0.39, 0.29) is 17.5 Å². The molecule has 0 spiro atoms. The molecule has 0 saturated carbocycles. The second kappa shape index (κ2) is 7.73. The number of nitrogens with zero attached hydrogens (tertiary/aromatic N) is 1. The summed E-state index contributed by atoms with van der Waals surface area (Å²) in [6.07, 6.45) is 0. The Labute approximate surface area is 138 Å². The van der Waals surface area contributed by atoms with Crippen LogP contribution >= 0.6 is 11.3 Å². The molecular weight excluding hydrogens is 314 g/mol. The lowest BCUT2D eigenvalue weighted by atomic mass is 10.1. The first-order chi connectivity index (χ1) is 11.0. The summed E-state index contributed by atoms with van der Waals surface area (Å²) in [6, 6.07) is 6.15. The molecule has 1 heterocycles. The summed E-state index contributed by atoms with van der Waals surface area (Å²) in [6.45, 7) is 4.82. The number of aryl methyl sites for hydroxylation is 1. The normalized spacial score (nSPS) is 11.7. The molecule has 0 aliphatic carbocycles. The van der Waals surface area contributed by atoms with E-state index in [4.69, 9.17) is 5.11 Å². The van der Waals surface area contributed by atoms with Gasteiger partial charge in [-0.1, -0.05) is 19.1 Å². The van der Waals surface area contributed by atoms with Crippen LogP contribution in [0.2, 0.25) is 0 Å². The number of aromatic carboxylic acids is 1. The van der Waals surface area contributed by atoms with E-state index in [1.807, 2.05) is 19.2 Å². The number of carboxylic acid groups (broad SMARTS) is 1. The largest absolute Gasteiger partial charge is 0.478 e. The molecule has 0 bridgehead atoms. The monoisotopic (exact) mass is 333 g/mol. The average Bonchev–Trinajstić information content (AvgIpc) is 2.97. The van der Waals surface area contributed by atoms with Gasteiger partial charge in [0.15, 0.2) is 0 Å². The number of nitrogens with one attached hydrogen (secondary N) is 2. The van der Waals surface area contributed by atoms with E-state index >= 15 is 0 Å². The Balaban J connectivity index is 1.75. The van der Waals surface area contributed by atoms with E-state index in [2.05, 4.69) is 15.6 Å². The predicted octanol–water partition coefficient (Wildman–Crippen LogP) is 2.75. The molecule has 7 heteroatoms. The van der Waals surface area contributed by atoms with Crippen LogP contribution in [0.4, 0.5) is 4.79 Å². The van der Waals surface area contributed by atoms with Crippen molar-refractivity contribution in [2.45, 2.75) is 26.3 Å². The molecule has 1 aromatic carbocycles. The first-order valence-corrected chi connectivity index (χ1v) is 8.09. The highest BCUT2D eigenvalue weighted by atomic mass is 32.1. The van der Waals surface area contributed by atoms with Gasteiger partial charge in [0.25, 0.3) is 0 Å². The highest BCUT2D eigenvalue weighted by molar-refractivity contribution is 7.09. The van der Waals surface area contributed by atoms with Crippen molar-refractivity contribution < 1.29 is 14.7 Å². The second-order valence-electron chi connectivity index (χ2n) is 5.29. The third-order valence-corrected chi connectivity index (χ3v) is 4.48. The molecule has 0 radical (unpaired) electrons. The molecule has 2 aromatic rings. The summed E-state index contributed by atoms with van der Waals surface area (Å²) in [4.78, 5) is 27.0. The number of amides is 2. The van der Waals surface area contributed by atoms with Crippen LogP contribution < -0.4 is 10.6 Å². The molecule has 6 nitrogen and oxygen atoms in total. The van der Waals surface area contributed by atoms with E-state index in [0.29, 0.717) is 13.1 Å². The number of hydrogen-bond acceptors (Lipinski definition) is 4. The van der Waals surface area contributed by atoms with Crippen LogP contribution in [0.25, 0.3) is 0 Å². The minimum absolute atomic E-state index is 0.161. The lowest BCUT2D eigenvalue weighted by Gasteiger charge is -2.11. The number of rotatable bonds is 6. The predicted molar refractivity (Wildman–Crippen MR) is 88.9 cm³/mol. The zero-order valence-electron chi connectivity index (χ0n) is 13.0. The maximum Gasteiger partial charge on any atom is 0.335 e. The maximum atomic E-state index is 11.8. The number of thiazole rings is 1. The molecule has 122 valence electrons. The lowest BCUT2D eigenvalue weighted by Crippen LogP contribution is -2.37. The summed E-state index contributed by atoms with van der Waals surface area (Å²) in [7, 11) is 0. The zero-order valence-corrected chi connectivity index (χ0v) is 13.8. The Bertz CT molecular complexity index is 682. The van der Waals surface area contributed by atoms with Gasteiger partial charge in [-0.25, -0.2) is 14.6 Å². The number of carboxylic acids is 1. The summed E-state index contributed by atoms with van der Waals surface area (Å²) in [5.74, 6) is -0.803. The van der Waals surface area contributed by atoms with Crippen molar-refractivity contribution in [3.63, 3.8) is 0 Å². The van der Waals surface area contributed by atoms with Crippen LogP contribution in [0.5, 0.6) is 0 Å². The minimum Gasteiger partial charge on any atom is -0.478 e. The fraction of sp³-hybridized carbons (Fsp3) is 0.312. The fourth-order valence-electron chi connectivity index (χ4n) is 1.94. The van der Waals surface area contributed by atoms with Gasteiger partial charge in [0, 0.05) is 30.1 Å². The Morgan fingerprint density at radius 1 is 1.26 bits per heavy atom. The molecule has 2 amide bonds. The SMILES string of the molecule is Cc1csc(C(C)CNC(=O)NCc2ccc(C(=O)O)cc2)n1. The van der Waals surface area contributed by atoms with Gasteiger partial charge < -0.3 is 15.7 Å². The zero-order chi connectivity index (χ0) is 16.8. The topological polar surface area (TPSA) is 91.3 Å².